The van der Waals surface area contributed by atoms with Gasteiger partial charge in [-0.2, -0.15) is 0 Å². The van der Waals surface area contributed by atoms with E-state index in [0.29, 0.717) is 0 Å². The van der Waals surface area contributed by atoms with Crippen LogP contribution in [0.2, 0.25) is 0 Å². The molecule has 1 aliphatic carbocycles. The predicted molar refractivity (Wildman–Crippen MR) is 63.2 cm³/mol. The molecule has 0 bridgehead atoms. The van der Waals surface area contributed by atoms with Crippen molar-refractivity contribution < 1.29 is 0 Å². The van der Waals surface area contributed by atoms with Crippen molar-refractivity contribution in [1.82, 2.24) is 4.98 Å². The zero-order chi connectivity index (χ0) is 10.4. The first-order chi connectivity index (χ1) is 7.25. The van der Waals surface area contributed by atoms with Crippen molar-refractivity contribution in [2.75, 3.05) is 0 Å². The van der Waals surface area contributed by atoms with Crippen LogP contribution >= 0.6 is 0 Å². The molecule has 0 aliphatic heterocycles. The first-order valence-electron chi connectivity index (χ1n) is 5.64. The second kappa shape index (κ2) is 3.06. The lowest BCUT2D eigenvalue weighted by molar-refractivity contribution is 0.900. The van der Waals surface area contributed by atoms with E-state index in [-0.39, 0.29) is 0 Å². The summed E-state index contributed by atoms with van der Waals surface area (Å²) in [5, 5.41) is 1.34. The summed E-state index contributed by atoms with van der Waals surface area (Å²) in [6.45, 7) is 4.39. The topological polar surface area (TPSA) is 12.9 Å². The molecule has 0 N–H and O–H groups in total. The van der Waals surface area contributed by atoms with Crippen LogP contribution in [-0.2, 0) is 12.8 Å². The number of hydrogen-bond donors (Lipinski definition) is 0. The van der Waals surface area contributed by atoms with Gasteiger partial charge >= 0.3 is 0 Å². The lowest BCUT2D eigenvalue weighted by atomic mass is 10.0. The summed E-state index contributed by atoms with van der Waals surface area (Å²) in [7, 11) is 0. The molecule has 0 saturated heterocycles. The smallest absolute Gasteiger partial charge is 0.0708 e. The van der Waals surface area contributed by atoms with Crippen molar-refractivity contribution in [1.29, 1.82) is 0 Å². The highest BCUT2D eigenvalue weighted by atomic mass is 14.7. The summed E-state index contributed by atoms with van der Waals surface area (Å²) in [6, 6.07) is 6.56. The highest BCUT2D eigenvalue weighted by molar-refractivity contribution is 5.84. The van der Waals surface area contributed by atoms with Crippen molar-refractivity contribution in [2.45, 2.75) is 33.1 Å². The highest BCUT2D eigenvalue weighted by Gasteiger charge is 2.16. The van der Waals surface area contributed by atoms with Gasteiger partial charge in [-0.3, -0.25) is 4.98 Å². The highest BCUT2D eigenvalue weighted by Crippen LogP contribution is 2.29. The van der Waals surface area contributed by atoms with Crippen molar-refractivity contribution in [2.24, 2.45) is 0 Å². The molecule has 1 nitrogen and oxygen atoms in total. The Balaban J connectivity index is 2.41. The van der Waals surface area contributed by atoms with Crippen LogP contribution in [-0.4, -0.2) is 4.98 Å². The standard InChI is InChI=1S/C14H15N/c1-9-6-7-14-12(8-9)10(2)11-4-3-5-13(11)15-14/h6-8H,3-5H2,1-2H3. The molecule has 1 aromatic heterocycles. The van der Waals surface area contributed by atoms with Crippen molar-refractivity contribution >= 4 is 10.9 Å². The SMILES string of the molecule is Cc1ccc2nc3c(c(C)c2c1)CCC3. The van der Waals surface area contributed by atoms with Gasteiger partial charge in [-0.05, 0) is 56.4 Å². The van der Waals surface area contributed by atoms with E-state index in [4.69, 9.17) is 4.98 Å². The molecule has 76 valence electrons. The third-order valence-electron chi connectivity index (χ3n) is 3.45. The predicted octanol–water partition coefficient (Wildman–Crippen LogP) is 3.34. The van der Waals surface area contributed by atoms with E-state index < -0.39 is 0 Å². The molecule has 0 fully saturated rings. The molecule has 1 heteroatoms. The monoisotopic (exact) mass is 197 g/mol. The third-order valence-corrected chi connectivity index (χ3v) is 3.45. The number of rotatable bonds is 0. The summed E-state index contributed by atoms with van der Waals surface area (Å²) in [4.78, 5) is 4.76. The lowest BCUT2D eigenvalue weighted by Gasteiger charge is -2.08. The Morgan fingerprint density at radius 1 is 1.13 bits per heavy atom. The van der Waals surface area contributed by atoms with Gasteiger partial charge in [0.15, 0.2) is 0 Å². The van der Waals surface area contributed by atoms with Crippen LogP contribution in [0.4, 0.5) is 0 Å². The molecule has 15 heavy (non-hydrogen) atoms. The number of fused-ring (bicyclic) bond motifs is 2. The maximum absolute atomic E-state index is 4.76. The molecule has 1 aliphatic rings. The van der Waals surface area contributed by atoms with Gasteiger partial charge in [0.25, 0.3) is 0 Å². The van der Waals surface area contributed by atoms with Gasteiger partial charge in [-0.1, -0.05) is 11.6 Å². The minimum Gasteiger partial charge on any atom is -0.253 e. The Kier molecular flexibility index (Phi) is 1.82. The fraction of sp³-hybridized carbons (Fsp3) is 0.357. The van der Waals surface area contributed by atoms with E-state index in [2.05, 4.69) is 32.0 Å². The van der Waals surface area contributed by atoms with Crippen LogP contribution in [0.3, 0.4) is 0 Å². The second-order valence-corrected chi connectivity index (χ2v) is 4.54. The van der Waals surface area contributed by atoms with Crippen molar-refractivity contribution in [3.05, 3.63) is 40.6 Å². The van der Waals surface area contributed by atoms with Crippen LogP contribution in [0.1, 0.15) is 28.8 Å². The van der Waals surface area contributed by atoms with Gasteiger partial charge in [0.2, 0.25) is 0 Å². The number of benzene rings is 1. The molecule has 1 heterocycles. The Labute approximate surface area is 90.2 Å². The Morgan fingerprint density at radius 2 is 2.00 bits per heavy atom. The summed E-state index contributed by atoms with van der Waals surface area (Å²) in [5.41, 5.74) is 6.79. The molecule has 1 aromatic carbocycles. The van der Waals surface area contributed by atoms with Gasteiger partial charge in [-0.25, -0.2) is 0 Å². The Morgan fingerprint density at radius 3 is 2.87 bits per heavy atom. The van der Waals surface area contributed by atoms with Crippen molar-refractivity contribution in [3.63, 3.8) is 0 Å². The summed E-state index contributed by atoms with van der Waals surface area (Å²) in [5.74, 6) is 0. The summed E-state index contributed by atoms with van der Waals surface area (Å²) in [6.07, 6.45) is 3.66. The number of hydrogen-bond acceptors (Lipinski definition) is 1. The molecule has 0 amide bonds. The first kappa shape index (κ1) is 8.90. The van der Waals surface area contributed by atoms with E-state index in [9.17, 15) is 0 Å². The minimum absolute atomic E-state index is 1.17. The normalized spacial score (nSPS) is 14.5. The van der Waals surface area contributed by atoms with Gasteiger partial charge in [0.05, 0.1) is 5.52 Å². The minimum atomic E-state index is 1.17. The average Bonchev–Trinajstić information content (AvgIpc) is 2.68. The molecule has 0 radical (unpaired) electrons. The lowest BCUT2D eigenvalue weighted by Crippen LogP contribution is -1.94. The number of nitrogens with zero attached hydrogens (tertiary/aromatic N) is 1. The van der Waals surface area contributed by atoms with Crippen LogP contribution in [0, 0.1) is 13.8 Å². The maximum atomic E-state index is 4.76. The maximum Gasteiger partial charge on any atom is 0.0708 e. The molecular formula is C14H15N. The summed E-state index contributed by atoms with van der Waals surface area (Å²) < 4.78 is 0. The van der Waals surface area contributed by atoms with Crippen LogP contribution in [0.15, 0.2) is 18.2 Å². The van der Waals surface area contributed by atoms with E-state index in [1.54, 1.807) is 0 Å². The van der Waals surface area contributed by atoms with Gasteiger partial charge in [0, 0.05) is 11.1 Å². The van der Waals surface area contributed by atoms with Crippen LogP contribution in [0.5, 0.6) is 0 Å². The van der Waals surface area contributed by atoms with Crippen molar-refractivity contribution in [3.8, 4) is 0 Å². The van der Waals surface area contributed by atoms with E-state index in [1.807, 2.05) is 0 Å². The number of pyridine rings is 1. The molecule has 0 saturated carbocycles. The molecular weight excluding hydrogens is 182 g/mol. The van der Waals surface area contributed by atoms with E-state index in [0.717, 1.165) is 0 Å². The van der Waals surface area contributed by atoms with Crippen LogP contribution < -0.4 is 0 Å². The molecule has 3 rings (SSSR count). The number of aromatic nitrogens is 1. The molecule has 2 aromatic rings. The quantitative estimate of drug-likeness (QED) is 0.631. The summed E-state index contributed by atoms with van der Waals surface area (Å²) >= 11 is 0. The molecule has 0 atom stereocenters. The Hall–Kier alpha value is -1.37. The first-order valence-corrected chi connectivity index (χ1v) is 5.64. The zero-order valence-electron chi connectivity index (χ0n) is 9.30. The number of aryl methyl sites for hydroxylation is 3. The Bertz CT molecular complexity index is 541. The second-order valence-electron chi connectivity index (χ2n) is 4.54. The van der Waals surface area contributed by atoms with Gasteiger partial charge < -0.3 is 0 Å². The van der Waals surface area contributed by atoms with Gasteiger partial charge in [-0.15, -0.1) is 0 Å². The zero-order valence-corrected chi connectivity index (χ0v) is 9.30. The third kappa shape index (κ3) is 1.26. The fourth-order valence-corrected chi connectivity index (χ4v) is 2.61. The molecule has 0 spiro atoms. The molecule has 0 unspecified atom stereocenters. The van der Waals surface area contributed by atoms with Crippen LogP contribution in [0.25, 0.3) is 10.9 Å². The van der Waals surface area contributed by atoms with Gasteiger partial charge in [0.1, 0.15) is 0 Å². The van der Waals surface area contributed by atoms with E-state index >= 15 is 0 Å². The average molecular weight is 197 g/mol. The fourth-order valence-electron chi connectivity index (χ4n) is 2.61. The largest absolute Gasteiger partial charge is 0.253 e. The van der Waals surface area contributed by atoms with E-state index in [1.165, 1.54) is 52.5 Å².